The Kier molecular flexibility index (Phi) is 7.06. The summed E-state index contributed by atoms with van der Waals surface area (Å²) in [5.41, 5.74) is 4.11. The van der Waals surface area contributed by atoms with E-state index in [1.807, 2.05) is 29.2 Å². The van der Waals surface area contributed by atoms with Gasteiger partial charge in [-0.1, -0.05) is 43.4 Å². The Labute approximate surface area is 184 Å². The number of carbonyl (C=O) groups excluding carboxylic acids is 1. The van der Waals surface area contributed by atoms with Crippen LogP contribution in [0, 0.1) is 17.4 Å². The molecule has 0 spiro atoms. The Bertz CT molecular complexity index is 981. The highest BCUT2D eigenvalue weighted by Crippen LogP contribution is 2.33. The van der Waals surface area contributed by atoms with Crippen LogP contribution in [0.4, 0.5) is 5.13 Å². The molecule has 0 bridgehead atoms. The maximum Gasteiger partial charge on any atom is 0.261 e. The van der Waals surface area contributed by atoms with Crippen molar-refractivity contribution in [3.05, 3.63) is 56.7 Å². The van der Waals surface area contributed by atoms with E-state index in [9.17, 15) is 4.79 Å². The lowest BCUT2D eigenvalue weighted by Crippen LogP contribution is -2.39. The fraction of sp³-hybridized carbons (Fsp3) is 0.364. The molecule has 28 heavy (non-hydrogen) atoms. The summed E-state index contributed by atoms with van der Waals surface area (Å²) in [7, 11) is 0. The van der Waals surface area contributed by atoms with E-state index >= 15 is 0 Å². The number of hydrogen-bond donors (Lipinski definition) is 0. The van der Waals surface area contributed by atoms with Gasteiger partial charge in [-0.2, -0.15) is 0 Å². The topological polar surface area (TPSA) is 36.4 Å². The summed E-state index contributed by atoms with van der Waals surface area (Å²) in [4.78, 5) is 22.5. The molecule has 0 unspecified atom stereocenters. The number of hydrogen-bond acceptors (Lipinski definition) is 4. The van der Waals surface area contributed by atoms with Crippen LogP contribution in [0.5, 0.6) is 0 Å². The molecule has 0 N–H and O–H groups in total. The average Bonchev–Trinajstić information content (AvgIpc) is 3.09. The molecule has 0 fully saturated rings. The number of likely N-dealkylation sites (N-methyl/N-ethyl adjacent to an activating group) is 1. The Hall–Kier alpha value is -1.51. The lowest BCUT2D eigenvalue weighted by molar-refractivity contribution is 0.0983. The zero-order chi connectivity index (χ0) is 20.3. The highest BCUT2D eigenvalue weighted by Gasteiger charge is 2.23. The molecular weight excluding hydrogens is 481 g/mol. The molecule has 1 heterocycles. The van der Waals surface area contributed by atoms with Crippen molar-refractivity contribution in [2.75, 3.05) is 31.1 Å². The predicted octanol–water partition coefficient (Wildman–Crippen LogP) is 5.51. The lowest BCUT2D eigenvalue weighted by Gasteiger charge is -2.25. The normalized spacial score (nSPS) is 11.4. The maximum absolute atomic E-state index is 13.5. The van der Waals surface area contributed by atoms with Gasteiger partial charge in [0.2, 0.25) is 0 Å². The van der Waals surface area contributed by atoms with Crippen LogP contribution in [-0.2, 0) is 0 Å². The molecule has 0 aliphatic rings. The van der Waals surface area contributed by atoms with Gasteiger partial charge < -0.3 is 4.90 Å². The van der Waals surface area contributed by atoms with Crippen LogP contribution < -0.4 is 4.90 Å². The van der Waals surface area contributed by atoms with E-state index in [1.54, 1.807) is 11.3 Å². The molecular formula is C22H26IN3OS. The number of fused-ring (bicyclic) bond motifs is 1. The van der Waals surface area contributed by atoms with E-state index in [2.05, 4.69) is 67.3 Å². The molecule has 0 saturated heterocycles. The Morgan fingerprint density at radius 2 is 1.82 bits per heavy atom. The third kappa shape index (κ3) is 4.55. The molecule has 1 amide bonds. The molecule has 2 aromatic carbocycles. The number of halogens is 1. The number of rotatable bonds is 7. The van der Waals surface area contributed by atoms with E-state index in [4.69, 9.17) is 4.98 Å². The van der Waals surface area contributed by atoms with Crippen molar-refractivity contribution < 1.29 is 4.79 Å². The predicted molar refractivity (Wildman–Crippen MR) is 128 cm³/mol. The molecule has 148 valence electrons. The number of benzene rings is 2. The zero-order valence-corrected chi connectivity index (χ0v) is 19.8. The van der Waals surface area contributed by atoms with E-state index in [0.29, 0.717) is 6.54 Å². The van der Waals surface area contributed by atoms with Gasteiger partial charge in [0.1, 0.15) is 0 Å². The van der Waals surface area contributed by atoms with Crippen molar-refractivity contribution in [3.63, 3.8) is 0 Å². The quantitative estimate of drug-likeness (QED) is 0.396. The largest absolute Gasteiger partial charge is 0.302 e. The van der Waals surface area contributed by atoms with Gasteiger partial charge >= 0.3 is 0 Å². The van der Waals surface area contributed by atoms with E-state index in [1.165, 1.54) is 11.1 Å². The van der Waals surface area contributed by atoms with Crippen LogP contribution in [0.2, 0.25) is 0 Å². The van der Waals surface area contributed by atoms with Crippen LogP contribution >= 0.6 is 33.9 Å². The van der Waals surface area contributed by atoms with Crippen molar-refractivity contribution in [1.82, 2.24) is 9.88 Å². The molecule has 0 aliphatic heterocycles. The SMILES string of the molecule is CCN(CC)CCN(C(=O)c1ccccc1I)c1nc2cc(C)cc(C)c2s1. The average molecular weight is 507 g/mol. The van der Waals surface area contributed by atoms with Gasteiger partial charge in [0.15, 0.2) is 5.13 Å². The highest BCUT2D eigenvalue weighted by molar-refractivity contribution is 14.1. The van der Waals surface area contributed by atoms with Crippen LogP contribution in [-0.4, -0.2) is 42.0 Å². The first-order chi connectivity index (χ1) is 13.4. The van der Waals surface area contributed by atoms with Crippen molar-refractivity contribution in [1.29, 1.82) is 0 Å². The van der Waals surface area contributed by atoms with Crippen molar-refractivity contribution in [2.45, 2.75) is 27.7 Å². The van der Waals surface area contributed by atoms with Crippen molar-refractivity contribution >= 4 is 55.2 Å². The minimum Gasteiger partial charge on any atom is -0.302 e. The number of nitrogens with zero attached hydrogens (tertiary/aromatic N) is 3. The first-order valence-electron chi connectivity index (χ1n) is 9.61. The summed E-state index contributed by atoms with van der Waals surface area (Å²) in [6.45, 7) is 11.9. The van der Waals surface area contributed by atoms with Gasteiger partial charge in [-0.25, -0.2) is 4.98 Å². The molecule has 6 heteroatoms. The molecule has 1 aromatic heterocycles. The number of amides is 1. The molecule has 3 aromatic rings. The second-order valence-electron chi connectivity index (χ2n) is 6.89. The summed E-state index contributed by atoms with van der Waals surface area (Å²) in [5, 5.41) is 0.778. The molecule has 0 radical (unpaired) electrons. The van der Waals surface area contributed by atoms with Crippen LogP contribution in [0.25, 0.3) is 10.2 Å². The Morgan fingerprint density at radius 1 is 1.11 bits per heavy atom. The molecule has 0 aliphatic carbocycles. The van der Waals surface area contributed by atoms with Gasteiger partial charge in [-0.3, -0.25) is 9.69 Å². The zero-order valence-electron chi connectivity index (χ0n) is 16.8. The first kappa shape index (κ1) is 21.2. The Morgan fingerprint density at radius 3 is 2.50 bits per heavy atom. The van der Waals surface area contributed by atoms with Crippen LogP contribution in [0.1, 0.15) is 35.3 Å². The number of aromatic nitrogens is 1. The van der Waals surface area contributed by atoms with Gasteiger partial charge in [0.05, 0.1) is 15.8 Å². The van der Waals surface area contributed by atoms with Gasteiger partial charge in [-0.15, -0.1) is 0 Å². The van der Waals surface area contributed by atoms with Gasteiger partial charge in [0.25, 0.3) is 5.91 Å². The molecule has 4 nitrogen and oxygen atoms in total. The van der Waals surface area contributed by atoms with Crippen LogP contribution in [0.15, 0.2) is 36.4 Å². The molecule has 0 atom stereocenters. The van der Waals surface area contributed by atoms with Crippen molar-refractivity contribution in [2.24, 2.45) is 0 Å². The Balaban J connectivity index is 2.02. The van der Waals surface area contributed by atoms with Gasteiger partial charge in [-0.05, 0) is 78.9 Å². The summed E-state index contributed by atoms with van der Waals surface area (Å²) in [6, 6.07) is 12.0. The number of thiazole rings is 1. The summed E-state index contributed by atoms with van der Waals surface area (Å²) < 4.78 is 2.12. The lowest BCUT2D eigenvalue weighted by atomic mass is 10.1. The fourth-order valence-electron chi connectivity index (χ4n) is 3.33. The summed E-state index contributed by atoms with van der Waals surface area (Å²) in [6.07, 6.45) is 0. The van der Waals surface area contributed by atoms with Crippen LogP contribution in [0.3, 0.4) is 0 Å². The van der Waals surface area contributed by atoms with E-state index in [-0.39, 0.29) is 5.91 Å². The third-order valence-electron chi connectivity index (χ3n) is 4.92. The fourth-order valence-corrected chi connectivity index (χ4v) is 4.98. The van der Waals surface area contributed by atoms with E-state index < -0.39 is 0 Å². The number of carbonyl (C=O) groups is 1. The molecule has 3 rings (SSSR count). The van der Waals surface area contributed by atoms with E-state index in [0.717, 1.165) is 44.1 Å². The minimum atomic E-state index is 0.0191. The second kappa shape index (κ2) is 9.33. The first-order valence-corrected chi connectivity index (χ1v) is 11.5. The summed E-state index contributed by atoms with van der Waals surface area (Å²) in [5.74, 6) is 0.0191. The monoisotopic (exact) mass is 507 g/mol. The standard InChI is InChI=1S/C22H26IN3OS/c1-5-25(6-2)11-12-26(21(27)17-9-7-8-10-18(17)23)22-24-19-14-15(3)13-16(4)20(19)28-22/h7-10,13-14H,5-6,11-12H2,1-4H3. The third-order valence-corrected chi connectivity index (χ3v) is 7.09. The maximum atomic E-state index is 13.5. The number of aryl methyl sites for hydroxylation is 2. The highest BCUT2D eigenvalue weighted by atomic mass is 127. The van der Waals surface area contributed by atoms with Gasteiger partial charge in [0, 0.05) is 16.7 Å². The number of anilines is 1. The second-order valence-corrected chi connectivity index (χ2v) is 9.03. The minimum absolute atomic E-state index is 0.0191. The summed E-state index contributed by atoms with van der Waals surface area (Å²) >= 11 is 3.84. The molecule has 0 saturated carbocycles. The smallest absolute Gasteiger partial charge is 0.261 e. The van der Waals surface area contributed by atoms with Crippen molar-refractivity contribution in [3.8, 4) is 0 Å².